The lowest BCUT2D eigenvalue weighted by Gasteiger charge is -2.27. The largest absolute Gasteiger partial charge is 0.350 e. The van der Waals surface area contributed by atoms with Gasteiger partial charge < -0.3 is 9.55 Å². The van der Waals surface area contributed by atoms with Crippen molar-refractivity contribution in [2.24, 2.45) is 7.05 Å². The van der Waals surface area contributed by atoms with Crippen LogP contribution in [0.3, 0.4) is 0 Å². The number of aromatic nitrogens is 4. The molecule has 5 rings (SSSR count). The number of H-pyrrole nitrogens is 1. The summed E-state index contributed by atoms with van der Waals surface area (Å²) >= 11 is 0. The Kier molecular flexibility index (Phi) is 4.06. The maximum atomic E-state index is 12.7. The second kappa shape index (κ2) is 6.73. The van der Waals surface area contributed by atoms with Gasteiger partial charge in [0.2, 0.25) is 0 Å². The Morgan fingerprint density at radius 2 is 1.96 bits per heavy atom. The minimum absolute atomic E-state index is 0.0422. The summed E-state index contributed by atoms with van der Waals surface area (Å²) in [5, 5.41) is 1.27. The summed E-state index contributed by atoms with van der Waals surface area (Å²) in [6, 6.07) is 12.2. The molecule has 1 aromatic carbocycles. The van der Waals surface area contributed by atoms with E-state index in [1.165, 1.54) is 16.5 Å². The van der Waals surface area contributed by atoms with Crippen LogP contribution < -0.4 is 5.56 Å². The fourth-order valence-corrected chi connectivity index (χ4v) is 4.05. The average molecular weight is 371 g/mol. The molecular formula is C22H21N5O. The van der Waals surface area contributed by atoms with Crippen molar-refractivity contribution < 1.29 is 0 Å². The highest BCUT2D eigenvalue weighted by molar-refractivity contribution is 5.83. The number of aryl methyl sites for hydroxylation is 1. The fraction of sp³-hybridized carbons (Fsp3) is 0.227. The van der Waals surface area contributed by atoms with Crippen LogP contribution in [0.25, 0.3) is 22.3 Å². The zero-order chi connectivity index (χ0) is 19.1. The highest BCUT2D eigenvalue weighted by Gasteiger charge is 2.22. The number of hydrogen-bond acceptors (Lipinski definition) is 4. The van der Waals surface area contributed by atoms with E-state index in [-0.39, 0.29) is 5.56 Å². The van der Waals surface area contributed by atoms with Crippen LogP contribution in [0.4, 0.5) is 0 Å². The third-order valence-corrected chi connectivity index (χ3v) is 5.47. The molecule has 0 amide bonds. The molecule has 6 nitrogen and oxygen atoms in total. The summed E-state index contributed by atoms with van der Waals surface area (Å²) < 4.78 is 2.16. The molecule has 3 aromatic heterocycles. The lowest BCUT2D eigenvalue weighted by atomic mass is 10.1. The molecule has 0 unspecified atom stereocenters. The first-order valence-corrected chi connectivity index (χ1v) is 9.47. The topological polar surface area (TPSA) is 66.8 Å². The zero-order valence-corrected chi connectivity index (χ0v) is 15.7. The summed E-state index contributed by atoms with van der Waals surface area (Å²) in [5.41, 5.74) is 5.05. The standard InChI is InChI=1S/C22H21N5O/c1-26-12-16(17-4-2-3-5-20(17)26)13-27-11-8-19-18(14-27)22(28)25-21(24-19)15-6-9-23-10-7-15/h2-7,9-10,12H,8,11,13-14H2,1H3,(H,24,25,28). The van der Waals surface area contributed by atoms with E-state index in [9.17, 15) is 4.79 Å². The molecule has 1 aliphatic heterocycles. The van der Waals surface area contributed by atoms with Crippen LogP contribution in [-0.4, -0.2) is 31.0 Å². The van der Waals surface area contributed by atoms with Crippen molar-refractivity contribution in [3.05, 3.63) is 82.2 Å². The summed E-state index contributed by atoms with van der Waals surface area (Å²) in [7, 11) is 2.08. The van der Waals surface area contributed by atoms with Crippen LogP contribution in [0.15, 0.2) is 59.8 Å². The minimum Gasteiger partial charge on any atom is -0.350 e. The van der Waals surface area contributed by atoms with Crippen molar-refractivity contribution in [2.45, 2.75) is 19.5 Å². The second-order valence-corrected chi connectivity index (χ2v) is 7.32. The van der Waals surface area contributed by atoms with Crippen molar-refractivity contribution in [3.63, 3.8) is 0 Å². The van der Waals surface area contributed by atoms with E-state index in [0.29, 0.717) is 12.4 Å². The Bertz CT molecular complexity index is 1210. The molecule has 0 aliphatic carbocycles. The molecule has 0 radical (unpaired) electrons. The van der Waals surface area contributed by atoms with Gasteiger partial charge in [0, 0.05) is 68.2 Å². The predicted molar refractivity (Wildman–Crippen MR) is 109 cm³/mol. The smallest absolute Gasteiger partial charge is 0.255 e. The first kappa shape index (κ1) is 16.9. The molecule has 0 saturated carbocycles. The first-order chi connectivity index (χ1) is 13.7. The number of para-hydroxylation sites is 1. The third kappa shape index (κ3) is 2.92. The van der Waals surface area contributed by atoms with E-state index >= 15 is 0 Å². The summed E-state index contributed by atoms with van der Waals surface area (Å²) in [5.74, 6) is 0.619. The van der Waals surface area contributed by atoms with Gasteiger partial charge in [-0.15, -0.1) is 0 Å². The molecule has 0 fully saturated rings. The van der Waals surface area contributed by atoms with Gasteiger partial charge in [0.1, 0.15) is 5.82 Å². The lowest BCUT2D eigenvalue weighted by Crippen LogP contribution is -2.35. The van der Waals surface area contributed by atoms with Crippen molar-refractivity contribution in [2.75, 3.05) is 6.54 Å². The molecule has 1 N–H and O–H groups in total. The van der Waals surface area contributed by atoms with Crippen LogP contribution in [0.2, 0.25) is 0 Å². The second-order valence-electron chi connectivity index (χ2n) is 7.32. The Morgan fingerprint density at radius 3 is 2.82 bits per heavy atom. The lowest BCUT2D eigenvalue weighted by molar-refractivity contribution is 0.242. The first-order valence-electron chi connectivity index (χ1n) is 9.47. The highest BCUT2D eigenvalue weighted by atomic mass is 16.1. The van der Waals surface area contributed by atoms with E-state index < -0.39 is 0 Å². The van der Waals surface area contributed by atoms with Gasteiger partial charge >= 0.3 is 0 Å². The molecule has 28 heavy (non-hydrogen) atoms. The average Bonchev–Trinajstić information content (AvgIpc) is 3.05. The maximum Gasteiger partial charge on any atom is 0.255 e. The molecule has 0 saturated heterocycles. The van der Waals surface area contributed by atoms with Crippen molar-refractivity contribution in [1.29, 1.82) is 0 Å². The Hall–Kier alpha value is -3.25. The van der Waals surface area contributed by atoms with Crippen molar-refractivity contribution in [1.82, 2.24) is 24.4 Å². The van der Waals surface area contributed by atoms with Gasteiger partial charge in [-0.05, 0) is 23.8 Å². The zero-order valence-electron chi connectivity index (χ0n) is 15.7. The van der Waals surface area contributed by atoms with Crippen molar-refractivity contribution in [3.8, 4) is 11.4 Å². The molecule has 4 heterocycles. The predicted octanol–water partition coefficient (Wildman–Crippen LogP) is 2.88. The Balaban J connectivity index is 1.43. The van der Waals surface area contributed by atoms with Crippen LogP contribution in [-0.2, 0) is 26.6 Å². The number of rotatable bonds is 3. The maximum absolute atomic E-state index is 12.7. The van der Waals surface area contributed by atoms with Gasteiger partial charge in [-0.25, -0.2) is 4.98 Å². The number of fused-ring (bicyclic) bond motifs is 2. The van der Waals surface area contributed by atoms with Crippen LogP contribution in [0, 0.1) is 0 Å². The van der Waals surface area contributed by atoms with Crippen LogP contribution in [0.1, 0.15) is 16.8 Å². The summed E-state index contributed by atoms with van der Waals surface area (Å²) in [4.78, 5) is 26.8. The number of nitrogens with zero attached hydrogens (tertiary/aromatic N) is 4. The van der Waals surface area contributed by atoms with Gasteiger partial charge in [-0.1, -0.05) is 18.2 Å². The number of pyridine rings is 1. The number of nitrogens with one attached hydrogen (secondary N) is 1. The van der Waals surface area contributed by atoms with Gasteiger partial charge in [0.05, 0.1) is 11.3 Å². The van der Waals surface area contributed by atoms with Gasteiger partial charge in [0.25, 0.3) is 5.56 Å². The molecule has 4 aromatic rings. The molecule has 1 aliphatic rings. The number of benzene rings is 1. The minimum atomic E-state index is -0.0422. The van der Waals surface area contributed by atoms with E-state index in [1.54, 1.807) is 12.4 Å². The normalized spacial score (nSPS) is 14.3. The molecule has 6 heteroatoms. The van der Waals surface area contributed by atoms with Crippen LogP contribution >= 0.6 is 0 Å². The van der Waals surface area contributed by atoms with Gasteiger partial charge in [-0.2, -0.15) is 0 Å². The summed E-state index contributed by atoms with van der Waals surface area (Å²) in [6.45, 7) is 2.34. The van der Waals surface area contributed by atoms with E-state index in [4.69, 9.17) is 4.98 Å². The quantitative estimate of drug-likeness (QED) is 0.601. The Labute approximate surface area is 162 Å². The SMILES string of the molecule is Cn1cc(CN2CCc3nc(-c4ccncc4)[nH]c(=O)c3C2)c2ccccc21. The molecular weight excluding hydrogens is 350 g/mol. The van der Waals surface area contributed by atoms with Gasteiger partial charge in [0.15, 0.2) is 0 Å². The highest BCUT2D eigenvalue weighted by Crippen LogP contribution is 2.24. The van der Waals surface area contributed by atoms with Gasteiger partial charge in [-0.3, -0.25) is 14.7 Å². The monoisotopic (exact) mass is 371 g/mol. The van der Waals surface area contributed by atoms with Crippen LogP contribution in [0.5, 0.6) is 0 Å². The molecule has 0 spiro atoms. The van der Waals surface area contributed by atoms with E-state index in [0.717, 1.165) is 36.3 Å². The Morgan fingerprint density at radius 1 is 1.14 bits per heavy atom. The molecule has 0 bridgehead atoms. The van der Waals surface area contributed by atoms with Crippen molar-refractivity contribution >= 4 is 10.9 Å². The fourth-order valence-electron chi connectivity index (χ4n) is 4.05. The third-order valence-electron chi connectivity index (χ3n) is 5.47. The summed E-state index contributed by atoms with van der Waals surface area (Å²) in [6.07, 6.45) is 6.39. The molecule has 0 atom stereocenters. The molecule has 140 valence electrons. The number of aromatic amines is 1. The van der Waals surface area contributed by atoms with E-state index in [2.05, 4.69) is 56.9 Å². The van der Waals surface area contributed by atoms with E-state index in [1.807, 2.05) is 12.1 Å². The number of hydrogen-bond donors (Lipinski definition) is 1.